The lowest BCUT2D eigenvalue weighted by molar-refractivity contribution is 0.0947. The van der Waals surface area contributed by atoms with Crippen molar-refractivity contribution < 1.29 is 13.2 Å². The van der Waals surface area contributed by atoms with Crippen LogP contribution in [0, 0.1) is 6.92 Å². The van der Waals surface area contributed by atoms with Crippen molar-refractivity contribution in [2.24, 2.45) is 0 Å². The zero-order valence-electron chi connectivity index (χ0n) is 22.1. The summed E-state index contributed by atoms with van der Waals surface area (Å²) >= 11 is 7.96. The van der Waals surface area contributed by atoms with Gasteiger partial charge in [0.1, 0.15) is 0 Å². The minimum Gasteiger partial charge on any atom is -0.351 e. The highest BCUT2D eigenvalue weighted by Crippen LogP contribution is 2.34. The average Bonchev–Trinajstić information content (AvgIpc) is 3.61. The Morgan fingerprint density at radius 1 is 1.00 bits per heavy atom. The van der Waals surface area contributed by atoms with Crippen LogP contribution in [-0.2, 0) is 16.4 Å². The van der Waals surface area contributed by atoms with E-state index in [1.165, 1.54) is 16.4 Å². The molecule has 0 saturated carbocycles. The van der Waals surface area contributed by atoms with E-state index < -0.39 is 10.0 Å². The maximum Gasteiger partial charge on any atom is 0.264 e. The number of nitrogens with one attached hydrogen (secondary N) is 1. The number of amides is 1. The normalized spacial score (nSPS) is 15.9. The number of aromatic nitrogens is 1. The second-order valence-electron chi connectivity index (χ2n) is 10.1. The van der Waals surface area contributed by atoms with Crippen molar-refractivity contribution in [1.82, 2.24) is 15.2 Å². The van der Waals surface area contributed by atoms with Gasteiger partial charge in [-0.05, 0) is 66.9 Å². The van der Waals surface area contributed by atoms with Gasteiger partial charge in [-0.15, -0.1) is 0 Å². The number of fused-ring (bicyclic) bond motifs is 2. The molecule has 208 valence electrons. The quantitative estimate of drug-likeness (QED) is 0.337. The molecule has 4 aromatic rings. The maximum atomic E-state index is 13.2. The van der Waals surface area contributed by atoms with E-state index in [0.29, 0.717) is 25.1 Å². The molecule has 1 amide bonds. The average molecular weight is 596 g/mol. The molecule has 6 rings (SSSR count). The minimum absolute atomic E-state index is 0.185. The number of sulfonamides is 1. The maximum absolute atomic E-state index is 13.2. The molecule has 0 bridgehead atoms. The van der Waals surface area contributed by atoms with Gasteiger partial charge in [0.05, 0.1) is 20.8 Å². The Morgan fingerprint density at radius 2 is 1.75 bits per heavy atom. The van der Waals surface area contributed by atoms with Crippen LogP contribution in [0.15, 0.2) is 65.6 Å². The molecule has 1 fully saturated rings. The van der Waals surface area contributed by atoms with Crippen molar-refractivity contribution in [3.8, 4) is 0 Å². The van der Waals surface area contributed by atoms with Crippen LogP contribution < -0.4 is 14.5 Å². The van der Waals surface area contributed by atoms with Gasteiger partial charge < -0.3 is 10.2 Å². The Bertz CT molecular complexity index is 1670. The van der Waals surface area contributed by atoms with Crippen LogP contribution in [0.4, 0.5) is 10.8 Å². The lowest BCUT2D eigenvalue weighted by Gasteiger charge is -2.34. The van der Waals surface area contributed by atoms with Crippen LogP contribution in [0.3, 0.4) is 0 Å². The Balaban J connectivity index is 0.995. The van der Waals surface area contributed by atoms with Gasteiger partial charge in [0, 0.05) is 56.4 Å². The first-order valence-corrected chi connectivity index (χ1v) is 16.0. The largest absolute Gasteiger partial charge is 0.351 e. The predicted molar refractivity (Wildman–Crippen MR) is 161 cm³/mol. The van der Waals surface area contributed by atoms with Gasteiger partial charge in [0.25, 0.3) is 15.9 Å². The minimum atomic E-state index is -3.68. The fourth-order valence-corrected chi connectivity index (χ4v) is 8.01. The summed E-state index contributed by atoms with van der Waals surface area (Å²) in [6.07, 6.45) is 0.696. The highest BCUT2D eigenvalue weighted by atomic mass is 35.5. The molecular weight excluding hydrogens is 566 g/mol. The summed E-state index contributed by atoms with van der Waals surface area (Å²) in [5.41, 5.74) is 4.19. The fraction of sp³-hybridized carbons (Fsp3) is 0.310. The van der Waals surface area contributed by atoms with Crippen LogP contribution in [0.1, 0.15) is 21.5 Å². The summed E-state index contributed by atoms with van der Waals surface area (Å²) < 4.78 is 29.0. The molecule has 3 heterocycles. The topological polar surface area (TPSA) is 85.8 Å². The highest BCUT2D eigenvalue weighted by molar-refractivity contribution is 7.92. The Hall–Kier alpha value is -3.18. The van der Waals surface area contributed by atoms with Crippen molar-refractivity contribution in [2.45, 2.75) is 18.2 Å². The Kier molecular flexibility index (Phi) is 7.43. The molecule has 1 saturated heterocycles. The number of nitrogens with zero attached hydrogens (tertiary/aromatic N) is 4. The van der Waals surface area contributed by atoms with Crippen LogP contribution in [0.2, 0.25) is 5.02 Å². The number of rotatable bonds is 7. The first-order chi connectivity index (χ1) is 19.3. The molecule has 2 aliphatic rings. The van der Waals surface area contributed by atoms with E-state index in [1.807, 2.05) is 43.3 Å². The zero-order valence-corrected chi connectivity index (χ0v) is 24.5. The van der Waals surface area contributed by atoms with E-state index in [0.717, 1.165) is 69.9 Å². The molecule has 1 aromatic heterocycles. The third-order valence-electron chi connectivity index (χ3n) is 7.64. The Morgan fingerprint density at radius 3 is 2.52 bits per heavy atom. The molecule has 0 radical (unpaired) electrons. The molecule has 0 atom stereocenters. The zero-order chi connectivity index (χ0) is 27.9. The van der Waals surface area contributed by atoms with Gasteiger partial charge in [-0.3, -0.25) is 14.0 Å². The van der Waals surface area contributed by atoms with Gasteiger partial charge in [0.2, 0.25) is 0 Å². The van der Waals surface area contributed by atoms with E-state index in [2.05, 4.69) is 15.1 Å². The van der Waals surface area contributed by atoms with Gasteiger partial charge in [-0.2, -0.15) is 0 Å². The number of piperazine rings is 1. The molecule has 0 spiro atoms. The molecule has 0 unspecified atom stereocenters. The highest BCUT2D eigenvalue weighted by Gasteiger charge is 2.30. The van der Waals surface area contributed by atoms with E-state index in [9.17, 15) is 13.2 Å². The number of halogens is 1. The number of thiazole rings is 1. The lowest BCUT2D eigenvalue weighted by Crippen LogP contribution is -2.48. The predicted octanol–water partition coefficient (Wildman–Crippen LogP) is 4.56. The number of hydrogen-bond donors (Lipinski definition) is 1. The lowest BCUT2D eigenvalue weighted by atomic mass is 10.2. The Labute approximate surface area is 243 Å². The summed E-state index contributed by atoms with van der Waals surface area (Å²) in [4.78, 5) is 22.4. The van der Waals surface area contributed by atoms with Crippen molar-refractivity contribution in [1.29, 1.82) is 0 Å². The summed E-state index contributed by atoms with van der Waals surface area (Å²) in [6.45, 7) is 7.21. The summed E-state index contributed by atoms with van der Waals surface area (Å²) in [5.74, 6) is -0.211. The van der Waals surface area contributed by atoms with Crippen LogP contribution in [0.5, 0.6) is 0 Å². The summed E-state index contributed by atoms with van der Waals surface area (Å²) in [5, 5.41) is 4.73. The SMILES string of the molecule is Cc1c(Cl)ccc2sc(N3CCN(CCNC(=O)c4ccc(S(=O)(=O)N5CCc6ccccc65)cc4)CC3)nc12. The van der Waals surface area contributed by atoms with Gasteiger partial charge in [0.15, 0.2) is 5.13 Å². The number of benzene rings is 3. The second-order valence-corrected chi connectivity index (χ2v) is 13.4. The number of anilines is 2. The second kappa shape index (κ2) is 11.0. The standard InChI is InChI=1S/C29H30ClN5O3S2/c1-20-24(30)10-11-26-27(20)32-29(39-26)34-18-16-33(17-19-34)15-13-31-28(36)22-6-8-23(9-7-22)40(37,38)35-14-12-21-4-2-3-5-25(21)35/h2-11H,12-19H2,1H3,(H,31,36). The first-order valence-electron chi connectivity index (χ1n) is 13.3. The fourth-order valence-electron chi connectivity index (χ4n) is 5.28. The van der Waals surface area contributed by atoms with Gasteiger partial charge in [-0.1, -0.05) is 41.1 Å². The molecule has 0 aliphatic carbocycles. The molecule has 11 heteroatoms. The smallest absolute Gasteiger partial charge is 0.264 e. The summed E-state index contributed by atoms with van der Waals surface area (Å²) in [6, 6.07) is 17.7. The number of carbonyl (C=O) groups is 1. The van der Waals surface area contributed by atoms with Crippen LogP contribution in [-0.4, -0.2) is 70.0 Å². The van der Waals surface area contributed by atoms with Crippen molar-refractivity contribution in [3.05, 3.63) is 82.4 Å². The van der Waals surface area contributed by atoms with Crippen molar-refractivity contribution in [3.63, 3.8) is 0 Å². The molecule has 2 aliphatic heterocycles. The first kappa shape index (κ1) is 27.0. The van der Waals surface area contributed by atoms with Gasteiger partial charge >= 0.3 is 0 Å². The van der Waals surface area contributed by atoms with E-state index >= 15 is 0 Å². The number of carbonyl (C=O) groups excluding carboxylic acids is 1. The van der Waals surface area contributed by atoms with Crippen molar-refractivity contribution in [2.75, 3.05) is 55.0 Å². The van der Waals surface area contributed by atoms with Gasteiger partial charge in [-0.25, -0.2) is 13.4 Å². The number of para-hydroxylation sites is 1. The van der Waals surface area contributed by atoms with Crippen LogP contribution >= 0.6 is 22.9 Å². The van der Waals surface area contributed by atoms with Crippen LogP contribution in [0.25, 0.3) is 10.2 Å². The number of hydrogen-bond acceptors (Lipinski definition) is 7. The van der Waals surface area contributed by atoms with E-state index in [1.54, 1.807) is 23.5 Å². The summed E-state index contributed by atoms with van der Waals surface area (Å²) in [7, 11) is -3.68. The molecule has 8 nitrogen and oxygen atoms in total. The number of aryl methyl sites for hydroxylation is 1. The molecule has 3 aromatic carbocycles. The van der Waals surface area contributed by atoms with E-state index in [-0.39, 0.29) is 10.8 Å². The third-order valence-corrected chi connectivity index (χ3v) is 11.0. The van der Waals surface area contributed by atoms with Crippen molar-refractivity contribution >= 4 is 59.9 Å². The monoisotopic (exact) mass is 595 g/mol. The molecule has 1 N–H and O–H groups in total. The third kappa shape index (κ3) is 5.16. The van der Waals surface area contributed by atoms with E-state index in [4.69, 9.17) is 16.6 Å². The molecule has 40 heavy (non-hydrogen) atoms. The molecular formula is C29H30ClN5O3S2.